The number of ketones is 2. The summed E-state index contributed by atoms with van der Waals surface area (Å²) in [4.78, 5) is 23.3. The lowest BCUT2D eigenvalue weighted by molar-refractivity contribution is -0.118. The minimum Gasteiger partial charge on any atom is -0.492 e. The second-order valence-corrected chi connectivity index (χ2v) is 7.25. The fraction of sp³-hybridized carbons (Fsp3) is 0.565. The maximum absolute atomic E-state index is 12.1. The first kappa shape index (κ1) is 24.5. The molecule has 160 valence electrons. The molecule has 0 radical (unpaired) electrons. The first-order valence-electron chi connectivity index (χ1n) is 10.5. The maximum Gasteiger partial charge on any atom is 0.165 e. The first-order valence-corrected chi connectivity index (χ1v) is 10.5. The van der Waals surface area contributed by atoms with Gasteiger partial charge >= 0.3 is 0 Å². The fourth-order valence-corrected chi connectivity index (χ4v) is 2.70. The molecule has 0 N–H and O–H groups in total. The van der Waals surface area contributed by atoms with Crippen LogP contribution in [0.3, 0.4) is 0 Å². The normalized spacial score (nSPS) is 11.0. The highest BCUT2D eigenvalue weighted by atomic mass is 16.5. The van der Waals surface area contributed by atoms with Gasteiger partial charge in [-0.1, -0.05) is 57.5 Å². The molecule has 29 heavy (non-hydrogen) atoms. The molecule has 0 heterocycles. The van der Waals surface area contributed by atoms with E-state index in [9.17, 15) is 9.59 Å². The van der Waals surface area contributed by atoms with Crippen LogP contribution in [-0.4, -0.2) is 36.3 Å². The predicted molar refractivity (Wildman–Crippen MR) is 116 cm³/mol. The zero-order chi connectivity index (χ0) is 21.5. The molecule has 0 amide bonds. The van der Waals surface area contributed by atoms with Crippen LogP contribution >= 0.6 is 0 Å². The van der Waals surface area contributed by atoms with Crippen LogP contribution in [0.4, 0.5) is 0 Å². The van der Waals surface area contributed by atoms with Gasteiger partial charge in [-0.25, -0.2) is 0 Å². The molecule has 0 saturated heterocycles. The molecule has 0 aliphatic heterocycles. The molecule has 0 aliphatic carbocycles. The molecule has 0 saturated carbocycles. The summed E-state index contributed by atoms with van der Waals surface area (Å²) >= 11 is 0. The third-order valence-corrected chi connectivity index (χ3v) is 4.48. The highest BCUT2D eigenvalue weighted by molar-refractivity contribution is 5.97. The average molecular weight is 402 g/mol. The van der Waals surface area contributed by atoms with Gasteiger partial charge in [0.1, 0.15) is 18.1 Å². The van der Waals surface area contributed by atoms with Crippen LogP contribution in [0, 0.1) is 5.92 Å². The topological polar surface area (TPSA) is 71.3 Å². The summed E-state index contributed by atoms with van der Waals surface area (Å²) in [5.74, 6) is 1.07. The van der Waals surface area contributed by atoms with Crippen molar-refractivity contribution in [3.05, 3.63) is 42.6 Å². The van der Waals surface area contributed by atoms with E-state index in [0.717, 1.165) is 32.2 Å². The molecule has 0 bridgehead atoms. The lowest BCUT2D eigenvalue weighted by Gasteiger charge is -2.12. The third kappa shape index (κ3) is 10.6. The zero-order valence-electron chi connectivity index (χ0n) is 18.1. The molecule has 0 aromatic heterocycles. The number of benzene rings is 1. The summed E-state index contributed by atoms with van der Waals surface area (Å²) < 4.78 is 5.67. The molecule has 0 spiro atoms. The largest absolute Gasteiger partial charge is 0.492 e. The minimum atomic E-state index is -0.0391. The highest BCUT2D eigenvalue weighted by Crippen LogP contribution is 2.16. The van der Waals surface area contributed by atoms with Crippen molar-refractivity contribution >= 4 is 11.6 Å². The second kappa shape index (κ2) is 14.5. The van der Waals surface area contributed by atoms with Gasteiger partial charge in [0.15, 0.2) is 5.78 Å². The van der Waals surface area contributed by atoms with Gasteiger partial charge in [0, 0.05) is 37.1 Å². The van der Waals surface area contributed by atoms with Gasteiger partial charge in [-0.2, -0.15) is 5.11 Å². The monoisotopic (exact) mass is 401 g/mol. The average Bonchev–Trinajstić information content (AvgIpc) is 2.73. The lowest BCUT2D eigenvalue weighted by Crippen LogP contribution is -2.11. The molecule has 1 aromatic carbocycles. The second-order valence-electron chi connectivity index (χ2n) is 7.25. The van der Waals surface area contributed by atoms with Gasteiger partial charge in [-0.15, -0.1) is 0 Å². The highest BCUT2D eigenvalue weighted by Gasteiger charge is 2.10. The number of hydrogen-bond donors (Lipinski definition) is 0. The van der Waals surface area contributed by atoms with Gasteiger partial charge < -0.3 is 4.74 Å². The summed E-state index contributed by atoms with van der Waals surface area (Å²) in [6, 6.07) is 7.23. The van der Waals surface area contributed by atoms with Crippen molar-refractivity contribution in [2.24, 2.45) is 16.3 Å². The Balaban J connectivity index is 2.25. The van der Waals surface area contributed by atoms with E-state index in [-0.39, 0.29) is 11.7 Å². The van der Waals surface area contributed by atoms with E-state index >= 15 is 0 Å². The molecule has 1 aromatic rings. The summed E-state index contributed by atoms with van der Waals surface area (Å²) in [6.45, 7) is 11.0. The van der Waals surface area contributed by atoms with E-state index in [2.05, 4.69) is 16.9 Å². The molecule has 6 heteroatoms. The standard InChI is InChI=1S/C23H35N3O3/c1-5-21(27)13-9-7-8-10-16-26(6-2)25-24-15-17-29-22-14-11-12-20(18-22)23(28)19(3)4/h6,11-12,14,18-19H,2,5,7-10,13,15-17H2,1,3-4H3. The van der Waals surface area contributed by atoms with Crippen LogP contribution in [0.5, 0.6) is 5.75 Å². The van der Waals surface area contributed by atoms with Gasteiger partial charge in [-0.3, -0.25) is 14.6 Å². The Morgan fingerprint density at radius 2 is 1.97 bits per heavy atom. The summed E-state index contributed by atoms with van der Waals surface area (Å²) in [6.07, 6.45) is 7.05. The molecular weight excluding hydrogens is 366 g/mol. The molecule has 0 aliphatic rings. The zero-order valence-corrected chi connectivity index (χ0v) is 18.1. The van der Waals surface area contributed by atoms with Crippen molar-refractivity contribution in [3.8, 4) is 5.75 Å². The molecule has 1 rings (SSSR count). The van der Waals surface area contributed by atoms with Gasteiger partial charge in [0.25, 0.3) is 0 Å². The van der Waals surface area contributed by atoms with Gasteiger partial charge in [0.05, 0.1) is 6.54 Å². The number of Topliss-reactive ketones (excluding diaryl/α,β-unsaturated/α-hetero) is 2. The Hall–Kier alpha value is -2.50. The number of rotatable bonds is 16. The SMILES string of the molecule is C=CN(CCCCCCC(=O)CC)N=NCCOc1cccc(C(=O)C(C)C)c1. The first-order chi connectivity index (χ1) is 14.0. The summed E-state index contributed by atoms with van der Waals surface area (Å²) in [7, 11) is 0. The minimum absolute atomic E-state index is 0.0391. The number of carbonyl (C=O) groups excluding carboxylic acids is 2. The van der Waals surface area contributed by atoms with E-state index < -0.39 is 0 Å². The number of carbonyl (C=O) groups is 2. The molecule has 0 fully saturated rings. The summed E-state index contributed by atoms with van der Waals surface area (Å²) in [5.41, 5.74) is 0.663. The Morgan fingerprint density at radius 3 is 2.66 bits per heavy atom. The molecule has 6 nitrogen and oxygen atoms in total. The van der Waals surface area contributed by atoms with E-state index in [1.165, 1.54) is 0 Å². The maximum atomic E-state index is 12.1. The Labute approximate surface area is 175 Å². The van der Waals surface area contributed by atoms with E-state index in [4.69, 9.17) is 4.74 Å². The van der Waals surface area contributed by atoms with Crippen LogP contribution in [0.25, 0.3) is 0 Å². The quantitative estimate of drug-likeness (QED) is 0.155. The molecule has 0 atom stereocenters. The van der Waals surface area contributed by atoms with Crippen molar-refractivity contribution < 1.29 is 14.3 Å². The fourth-order valence-electron chi connectivity index (χ4n) is 2.70. The number of unbranched alkanes of at least 4 members (excludes halogenated alkanes) is 3. The van der Waals surface area contributed by atoms with Crippen LogP contribution in [0.2, 0.25) is 0 Å². The van der Waals surface area contributed by atoms with Crippen LogP contribution in [0.15, 0.2) is 47.4 Å². The Morgan fingerprint density at radius 1 is 1.21 bits per heavy atom. The molecular formula is C23H35N3O3. The Kier molecular flexibility index (Phi) is 12.3. The smallest absolute Gasteiger partial charge is 0.165 e. The number of ether oxygens (including phenoxy) is 1. The lowest BCUT2D eigenvalue weighted by atomic mass is 10.0. The van der Waals surface area contributed by atoms with E-state index in [1.54, 1.807) is 23.3 Å². The van der Waals surface area contributed by atoms with Crippen LogP contribution in [-0.2, 0) is 4.79 Å². The number of nitrogens with zero attached hydrogens (tertiary/aromatic N) is 3. The Bertz CT molecular complexity index is 671. The van der Waals surface area contributed by atoms with Crippen molar-refractivity contribution in [1.82, 2.24) is 5.01 Å². The third-order valence-electron chi connectivity index (χ3n) is 4.48. The van der Waals surface area contributed by atoms with Gasteiger partial charge in [-0.05, 0) is 25.0 Å². The van der Waals surface area contributed by atoms with Crippen LogP contribution < -0.4 is 4.74 Å². The van der Waals surface area contributed by atoms with E-state index in [0.29, 0.717) is 43.1 Å². The van der Waals surface area contributed by atoms with Crippen molar-refractivity contribution in [1.29, 1.82) is 0 Å². The van der Waals surface area contributed by atoms with Crippen molar-refractivity contribution in [2.45, 2.75) is 59.3 Å². The van der Waals surface area contributed by atoms with Gasteiger partial charge in [0.2, 0.25) is 0 Å². The van der Waals surface area contributed by atoms with Crippen molar-refractivity contribution in [2.75, 3.05) is 19.7 Å². The summed E-state index contributed by atoms with van der Waals surface area (Å²) in [5, 5.41) is 10.0. The van der Waals surface area contributed by atoms with Crippen molar-refractivity contribution in [3.63, 3.8) is 0 Å². The van der Waals surface area contributed by atoms with E-state index in [1.807, 2.05) is 32.9 Å². The number of hydrogen-bond acceptors (Lipinski definition) is 5. The van der Waals surface area contributed by atoms with Crippen LogP contribution in [0.1, 0.15) is 69.7 Å². The molecule has 0 unspecified atom stereocenters. The predicted octanol–water partition coefficient (Wildman–Crippen LogP) is 5.65.